The van der Waals surface area contributed by atoms with E-state index in [2.05, 4.69) is 10.3 Å². The van der Waals surface area contributed by atoms with Crippen LogP contribution in [-0.2, 0) is 0 Å². The molecule has 0 saturated heterocycles. The predicted molar refractivity (Wildman–Crippen MR) is 98.5 cm³/mol. The van der Waals surface area contributed by atoms with Gasteiger partial charge in [0.15, 0.2) is 0 Å². The van der Waals surface area contributed by atoms with E-state index in [0.29, 0.717) is 11.7 Å². The van der Waals surface area contributed by atoms with Crippen LogP contribution in [0.25, 0.3) is 0 Å². The molecule has 1 aliphatic carbocycles. The van der Waals surface area contributed by atoms with Crippen LogP contribution in [0.4, 0.5) is 11.4 Å². The highest BCUT2D eigenvalue weighted by Gasteiger charge is 2.16. The second kappa shape index (κ2) is 7.95. The molecule has 1 aromatic heterocycles. The van der Waals surface area contributed by atoms with Gasteiger partial charge in [0, 0.05) is 30.7 Å². The zero-order valence-corrected chi connectivity index (χ0v) is 14.2. The lowest BCUT2D eigenvalue weighted by Crippen LogP contribution is -2.27. The van der Waals surface area contributed by atoms with Crippen LogP contribution in [0.3, 0.4) is 0 Å². The topological polar surface area (TPSA) is 45.2 Å². The summed E-state index contributed by atoms with van der Waals surface area (Å²) in [6, 6.07) is 14.0. The van der Waals surface area contributed by atoms with E-state index in [1.807, 2.05) is 42.5 Å². The Labute approximate surface area is 143 Å². The first-order valence-electron chi connectivity index (χ1n) is 8.80. The molecule has 0 aliphatic heterocycles. The highest BCUT2D eigenvalue weighted by molar-refractivity contribution is 6.04. The molecule has 0 unspecified atom stereocenters. The van der Waals surface area contributed by atoms with Gasteiger partial charge in [-0.2, -0.15) is 0 Å². The maximum absolute atomic E-state index is 12.7. The van der Waals surface area contributed by atoms with Crippen LogP contribution in [0.1, 0.15) is 49.0 Å². The van der Waals surface area contributed by atoms with E-state index >= 15 is 0 Å². The Kier molecular flexibility index (Phi) is 5.47. The average Bonchev–Trinajstić information content (AvgIpc) is 2.90. The van der Waals surface area contributed by atoms with Crippen molar-refractivity contribution >= 4 is 17.3 Å². The number of para-hydroxylation sites is 1. The minimum absolute atomic E-state index is 0.0919. The minimum Gasteiger partial charge on any atom is -0.382 e. The highest BCUT2D eigenvalue weighted by atomic mass is 16.2. The summed E-state index contributed by atoms with van der Waals surface area (Å²) in [5, 5.41) is 3.58. The molecule has 1 N–H and O–H groups in total. The maximum atomic E-state index is 12.7. The molecule has 2 aromatic rings. The monoisotopic (exact) mass is 323 g/mol. The number of hydrogen-bond acceptors (Lipinski definition) is 3. The van der Waals surface area contributed by atoms with Gasteiger partial charge in [0.2, 0.25) is 0 Å². The van der Waals surface area contributed by atoms with Crippen molar-refractivity contribution in [3.63, 3.8) is 0 Å². The van der Waals surface area contributed by atoms with Crippen LogP contribution in [0, 0.1) is 0 Å². The Balaban J connectivity index is 1.71. The third kappa shape index (κ3) is 4.13. The molecule has 1 aliphatic rings. The first kappa shape index (κ1) is 16.5. The van der Waals surface area contributed by atoms with Crippen molar-refractivity contribution in [3.8, 4) is 0 Å². The van der Waals surface area contributed by atoms with E-state index in [1.165, 1.54) is 38.5 Å². The summed E-state index contributed by atoms with van der Waals surface area (Å²) in [5.41, 5.74) is 2.33. The van der Waals surface area contributed by atoms with Crippen LogP contribution < -0.4 is 10.2 Å². The van der Waals surface area contributed by atoms with Crippen molar-refractivity contribution in [3.05, 3.63) is 54.4 Å². The number of aromatic nitrogens is 1. The second-order valence-electron chi connectivity index (χ2n) is 6.46. The fraction of sp³-hybridized carbons (Fsp3) is 0.400. The van der Waals surface area contributed by atoms with Crippen LogP contribution in [0.15, 0.2) is 48.7 Å². The first-order valence-corrected chi connectivity index (χ1v) is 8.80. The van der Waals surface area contributed by atoms with Gasteiger partial charge in [-0.15, -0.1) is 0 Å². The lowest BCUT2D eigenvalue weighted by atomic mass is 10.1. The quantitative estimate of drug-likeness (QED) is 0.843. The number of pyridine rings is 1. The second-order valence-corrected chi connectivity index (χ2v) is 6.46. The van der Waals surface area contributed by atoms with Crippen molar-refractivity contribution in [1.29, 1.82) is 0 Å². The maximum Gasteiger partial charge on any atom is 0.276 e. The van der Waals surface area contributed by atoms with Crippen molar-refractivity contribution < 1.29 is 4.79 Å². The third-order valence-electron chi connectivity index (χ3n) is 4.65. The molecule has 1 amide bonds. The molecule has 1 heterocycles. The van der Waals surface area contributed by atoms with Crippen LogP contribution in [0.2, 0.25) is 0 Å². The van der Waals surface area contributed by atoms with Crippen molar-refractivity contribution in [1.82, 2.24) is 4.98 Å². The van der Waals surface area contributed by atoms with Crippen molar-refractivity contribution in [2.24, 2.45) is 0 Å². The largest absolute Gasteiger partial charge is 0.382 e. The summed E-state index contributed by atoms with van der Waals surface area (Å²) in [6.45, 7) is 0. The molecule has 24 heavy (non-hydrogen) atoms. The molecular formula is C20H25N3O. The Hall–Kier alpha value is -2.36. The molecule has 4 nitrogen and oxygen atoms in total. The number of hydrogen-bond donors (Lipinski definition) is 1. The Morgan fingerprint density at radius 3 is 2.50 bits per heavy atom. The van der Waals surface area contributed by atoms with Gasteiger partial charge < -0.3 is 10.2 Å². The first-order chi connectivity index (χ1) is 11.7. The molecule has 0 atom stereocenters. The average molecular weight is 323 g/mol. The molecular weight excluding hydrogens is 298 g/mol. The summed E-state index contributed by atoms with van der Waals surface area (Å²) in [4.78, 5) is 18.6. The number of nitrogens with one attached hydrogen (secondary N) is 1. The number of carbonyl (C=O) groups excluding carboxylic acids is 1. The van der Waals surface area contributed by atoms with Gasteiger partial charge in [-0.25, -0.2) is 0 Å². The van der Waals surface area contributed by atoms with E-state index in [0.717, 1.165) is 11.4 Å². The smallest absolute Gasteiger partial charge is 0.276 e. The van der Waals surface area contributed by atoms with Gasteiger partial charge in [0.25, 0.3) is 5.91 Å². The lowest BCUT2D eigenvalue weighted by Gasteiger charge is -2.19. The molecule has 1 aromatic carbocycles. The van der Waals surface area contributed by atoms with Crippen LogP contribution in [0.5, 0.6) is 0 Å². The van der Waals surface area contributed by atoms with Crippen molar-refractivity contribution in [2.45, 2.75) is 44.6 Å². The summed E-state index contributed by atoms with van der Waals surface area (Å²) in [6.07, 6.45) is 9.35. The SMILES string of the molecule is CN(C(=O)c1cc(NC2CCCCCC2)ccn1)c1ccccc1. The van der Waals surface area contributed by atoms with Crippen LogP contribution >= 0.6 is 0 Å². The zero-order chi connectivity index (χ0) is 16.8. The zero-order valence-electron chi connectivity index (χ0n) is 14.2. The Morgan fingerprint density at radius 1 is 1.08 bits per heavy atom. The van der Waals surface area contributed by atoms with Crippen molar-refractivity contribution in [2.75, 3.05) is 17.3 Å². The number of benzene rings is 1. The molecule has 126 valence electrons. The van der Waals surface area contributed by atoms with E-state index in [4.69, 9.17) is 0 Å². The lowest BCUT2D eigenvalue weighted by molar-refractivity contribution is 0.0988. The molecule has 3 rings (SSSR count). The van der Waals surface area contributed by atoms with Crippen LogP contribution in [-0.4, -0.2) is 24.0 Å². The normalized spacial score (nSPS) is 15.5. The van der Waals surface area contributed by atoms with E-state index in [1.54, 1.807) is 18.1 Å². The highest BCUT2D eigenvalue weighted by Crippen LogP contribution is 2.22. The Morgan fingerprint density at radius 2 is 1.79 bits per heavy atom. The third-order valence-corrected chi connectivity index (χ3v) is 4.65. The van der Waals surface area contributed by atoms with Gasteiger partial charge in [-0.1, -0.05) is 43.9 Å². The number of carbonyl (C=O) groups is 1. The van der Waals surface area contributed by atoms with Gasteiger partial charge >= 0.3 is 0 Å². The van der Waals surface area contributed by atoms with Gasteiger partial charge in [0.1, 0.15) is 5.69 Å². The molecule has 0 radical (unpaired) electrons. The van der Waals surface area contributed by atoms with Gasteiger partial charge in [-0.3, -0.25) is 9.78 Å². The van der Waals surface area contributed by atoms with Gasteiger partial charge in [-0.05, 0) is 37.1 Å². The fourth-order valence-electron chi connectivity index (χ4n) is 3.24. The predicted octanol–water partition coefficient (Wildman–Crippen LogP) is 4.49. The number of anilines is 2. The number of nitrogens with zero attached hydrogens (tertiary/aromatic N) is 2. The minimum atomic E-state index is -0.0919. The molecule has 4 heteroatoms. The standard InChI is InChI=1S/C20H25N3O/c1-23(18-11-7-4-8-12-18)20(24)19-15-17(13-14-21-19)22-16-9-5-2-3-6-10-16/h4,7-8,11-16H,2-3,5-6,9-10H2,1H3,(H,21,22). The summed E-state index contributed by atoms with van der Waals surface area (Å²) in [5.74, 6) is -0.0919. The molecule has 1 saturated carbocycles. The van der Waals surface area contributed by atoms with E-state index < -0.39 is 0 Å². The van der Waals surface area contributed by atoms with Gasteiger partial charge in [0.05, 0.1) is 0 Å². The number of rotatable bonds is 4. The molecule has 1 fully saturated rings. The van der Waals surface area contributed by atoms with E-state index in [-0.39, 0.29) is 5.91 Å². The molecule has 0 bridgehead atoms. The Bertz CT molecular complexity index is 664. The molecule has 0 spiro atoms. The van der Waals surface area contributed by atoms with E-state index in [9.17, 15) is 4.79 Å². The fourth-order valence-corrected chi connectivity index (χ4v) is 3.24. The summed E-state index contributed by atoms with van der Waals surface area (Å²) >= 11 is 0. The summed E-state index contributed by atoms with van der Waals surface area (Å²) in [7, 11) is 1.78. The number of amides is 1. The summed E-state index contributed by atoms with van der Waals surface area (Å²) < 4.78 is 0.